The van der Waals surface area contributed by atoms with Gasteiger partial charge in [0.05, 0.1) is 0 Å². The van der Waals surface area contributed by atoms with Gasteiger partial charge in [0.1, 0.15) is 0 Å². The topological polar surface area (TPSA) is 27.7 Å². The Kier molecular flexibility index (Phi) is 14.7. The third-order valence-electron chi connectivity index (χ3n) is 5.68. The zero-order valence-electron chi connectivity index (χ0n) is 22.3. The van der Waals surface area contributed by atoms with Crippen LogP contribution in [-0.2, 0) is 14.0 Å². The molecule has 37 heavy (non-hydrogen) atoms. The summed E-state index contributed by atoms with van der Waals surface area (Å²) in [4.78, 5) is 4.01. The molecule has 3 aromatic carbocycles. The predicted molar refractivity (Wildman–Crippen MR) is 163 cm³/mol. The first kappa shape index (κ1) is 30.2. The minimum Gasteiger partial charge on any atom is -0.386 e. The van der Waals surface area contributed by atoms with Crippen LogP contribution in [-0.4, -0.2) is 44.4 Å². The van der Waals surface area contributed by atoms with E-state index < -0.39 is 7.32 Å². The Bertz CT molecular complexity index is 918. The first-order valence-electron chi connectivity index (χ1n) is 13.0. The van der Waals surface area contributed by atoms with Crippen LogP contribution in [0.25, 0.3) is 0 Å². The minimum absolute atomic E-state index is 0.601. The second-order valence-corrected chi connectivity index (χ2v) is 12.2. The minimum atomic E-state index is -0.601. The highest BCUT2D eigenvalue weighted by Crippen LogP contribution is 2.24. The van der Waals surface area contributed by atoms with Crippen molar-refractivity contribution in [3.63, 3.8) is 0 Å². The smallest absolute Gasteiger partial charge is 0.386 e. The molecule has 0 aliphatic rings. The molecule has 0 saturated heterocycles. The van der Waals surface area contributed by atoms with Crippen LogP contribution in [0.5, 0.6) is 0 Å². The Balaban J connectivity index is 1.35. The zero-order chi connectivity index (χ0) is 26.1. The van der Waals surface area contributed by atoms with E-state index in [1.54, 1.807) is 0 Å². The van der Waals surface area contributed by atoms with Gasteiger partial charge in [0, 0.05) is 51.8 Å². The summed E-state index contributed by atoms with van der Waals surface area (Å²) in [7, 11) is -0.601. The van der Waals surface area contributed by atoms with Crippen LogP contribution >= 0.6 is 35.3 Å². The molecule has 0 aliphatic carbocycles. The Morgan fingerprint density at radius 2 is 0.784 bits per heavy atom. The van der Waals surface area contributed by atoms with Crippen LogP contribution < -0.4 is 0 Å². The fourth-order valence-electron chi connectivity index (χ4n) is 3.56. The van der Waals surface area contributed by atoms with E-state index in [1.165, 1.54) is 31.4 Å². The van der Waals surface area contributed by atoms with Gasteiger partial charge in [-0.3, -0.25) is 0 Å². The van der Waals surface area contributed by atoms with Crippen LogP contribution in [0.15, 0.2) is 87.5 Å². The SMILES string of the molecule is Cc1ccccc1SCCCOB(OCCCSc1ccccc1C)OCCCSc1ccccc1C. The molecule has 0 bridgehead atoms. The van der Waals surface area contributed by atoms with E-state index in [0.29, 0.717) is 19.8 Å². The van der Waals surface area contributed by atoms with Crippen LogP contribution in [0.4, 0.5) is 0 Å². The first-order chi connectivity index (χ1) is 18.1. The monoisotopic (exact) mass is 554 g/mol. The lowest BCUT2D eigenvalue weighted by Crippen LogP contribution is -2.29. The molecule has 0 N–H and O–H groups in total. The van der Waals surface area contributed by atoms with E-state index in [2.05, 4.69) is 93.6 Å². The fourth-order valence-corrected chi connectivity index (χ4v) is 6.42. The van der Waals surface area contributed by atoms with Crippen molar-refractivity contribution < 1.29 is 14.0 Å². The summed E-state index contributed by atoms with van der Waals surface area (Å²) in [5.41, 5.74) is 3.97. The number of hydrogen-bond donors (Lipinski definition) is 0. The molecular weight excluding hydrogens is 515 g/mol. The molecule has 3 rings (SSSR count). The largest absolute Gasteiger partial charge is 0.639 e. The second kappa shape index (κ2) is 18.0. The summed E-state index contributed by atoms with van der Waals surface area (Å²) in [5, 5.41) is 0. The van der Waals surface area contributed by atoms with Gasteiger partial charge >= 0.3 is 7.32 Å². The highest BCUT2D eigenvalue weighted by Gasteiger charge is 2.21. The molecule has 0 amide bonds. The van der Waals surface area contributed by atoms with Crippen molar-refractivity contribution in [3.8, 4) is 0 Å². The van der Waals surface area contributed by atoms with Crippen LogP contribution in [0, 0.1) is 20.8 Å². The molecular formula is C30H39BO3S3. The summed E-state index contributed by atoms with van der Waals surface area (Å²) < 4.78 is 18.0. The van der Waals surface area contributed by atoms with Crippen LogP contribution in [0.3, 0.4) is 0 Å². The third kappa shape index (κ3) is 11.9. The van der Waals surface area contributed by atoms with E-state index in [4.69, 9.17) is 14.0 Å². The number of thioether (sulfide) groups is 3. The molecule has 0 atom stereocenters. The average Bonchev–Trinajstić information content (AvgIpc) is 2.90. The molecule has 0 fully saturated rings. The summed E-state index contributed by atoms with van der Waals surface area (Å²) >= 11 is 5.64. The lowest BCUT2D eigenvalue weighted by atomic mass is 10.2. The molecule has 0 spiro atoms. The van der Waals surface area contributed by atoms with E-state index in [-0.39, 0.29) is 0 Å². The zero-order valence-corrected chi connectivity index (χ0v) is 24.8. The van der Waals surface area contributed by atoms with Gasteiger partial charge in [-0.25, -0.2) is 0 Å². The van der Waals surface area contributed by atoms with Gasteiger partial charge in [-0.2, -0.15) is 0 Å². The molecule has 0 aromatic heterocycles. The maximum Gasteiger partial charge on any atom is 0.639 e. The molecule has 0 radical (unpaired) electrons. The maximum absolute atomic E-state index is 6.01. The molecule has 3 aromatic rings. The second-order valence-electron chi connectivity index (χ2n) is 8.80. The molecule has 0 unspecified atom stereocenters. The number of aryl methyl sites for hydroxylation is 3. The quantitative estimate of drug-likeness (QED) is 0.0889. The fraction of sp³-hybridized carbons (Fsp3) is 0.400. The van der Waals surface area contributed by atoms with Gasteiger partial charge in [0.2, 0.25) is 0 Å². The number of rotatable bonds is 18. The van der Waals surface area contributed by atoms with Crippen molar-refractivity contribution in [2.24, 2.45) is 0 Å². The van der Waals surface area contributed by atoms with Gasteiger partial charge in [-0.05, 0) is 74.9 Å². The van der Waals surface area contributed by atoms with Crippen molar-refractivity contribution >= 4 is 42.6 Å². The number of benzene rings is 3. The molecule has 0 saturated carbocycles. The van der Waals surface area contributed by atoms with Crippen molar-refractivity contribution in [1.82, 2.24) is 0 Å². The van der Waals surface area contributed by atoms with Crippen molar-refractivity contribution in [2.45, 2.75) is 54.7 Å². The highest BCUT2D eigenvalue weighted by atomic mass is 32.2. The van der Waals surface area contributed by atoms with Gasteiger partial charge in [-0.15, -0.1) is 35.3 Å². The first-order valence-corrected chi connectivity index (χ1v) is 16.0. The molecule has 0 heterocycles. The summed E-state index contributed by atoms with van der Waals surface area (Å²) in [5.74, 6) is 3.03. The molecule has 0 aliphatic heterocycles. The van der Waals surface area contributed by atoms with E-state index in [9.17, 15) is 0 Å². The molecule has 7 heteroatoms. The predicted octanol–water partition coefficient (Wildman–Crippen LogP) is 8.49. The third-order valence-corrected chi connectivity index (χ3v) is 9.47. The highest BCUT2D eigenvalue weighted by molar-refractivity contribution is 7.99. The Labute approximate surface area is 237 Å². The van der Waals surface area contributed by atoms with Gasteiger partial charge < -0.3 is 14.0 Å². The Hall–Kier alpha value is -1.35. The molecule has 3 nitrogen and oxygen atoms in total. The summed E-state index contributed by atoms with van der Waals surface area (Å²) in [6.45, 7) is 8.35. The molecule has 198 valence electrons. The lowest BCUT2D eigenvalue weighted by molar-refractivity contribution is 0.0940. The van der Waals surface area contributed by atoms with Crippen molar-refractivity contribution in [3.05, 3.63) is 89.5 Å². The normalized spacial score (nSPS) is 11.1. The van der Waals surface area contributed by atoms with Gasteiger partial charge in [-0.1, -0.05) is 54.6 Å². The van der Waals surface area contributed by atoms with Crippen molar-refractivity contribution in [2.75, 3.05) is 37.1 Å². The maximum atomic E-state index is 6.01. The lowest BCUT2D eigenvalue weighted by Gasteiger charge is -2.15. The standard InChI is InChI=1S/C30H39BO3S3/c1-25-13-4-7-16-28(25)35-22-10-19-32-31(33-20-11-23-36-29-17-8-5-14-26(29)2)34-21-12-24-37-30-18-9-6-15-27(30)3/h4-9,13-18H,10-12,19-24H2,1-3H3. The number of hydrogen-bond acceptors (Lipinski definition) is 6. The van der Waals surface area contributed by atoms with E-state index in [1.807, 2.05) is 35.3 Å². The average molecular weight is 555 g/mol. The Morgan fingerprint density at radius 1 is 0.486 bits per heavy atom. The summed E-state index contributed by atoms with van der Waals surface area (Å²) in [6.07, 6.45) is 2.86. The van der Waals surface area contributed by atoms with Crippen LogP contribution in [0.1, 0.15) is 36.0 Å². The van der Waals surface area contributed by atoms with Crippen LogP contribution in [0.2, 0.25) is 0 Å². The van der Waals surface area contributed by atoms with Gasteiger partial charge in [0.25, 0.3) is 0 Å². The summed E-state index contributed by atoms with van der Waals surface area (Å²) in [6, 6.07) is 25.6. The Morgan fingerprint density at radius 3 is 1.08 bits per heavy atom. The van der Waals surface area contributed by atoms with E-state index in [0.717, 1.165) is 36.5 Å². The van der Waals surface area contributed by atoms with Gasteiger partial charge in [0.15, 0.2) is 0 Å². The van der Waals surface area contributed by atoms with E-state index >= 15 is 0 Å². The van der Waals surface area contributed by atoms with Crippen molar-refractivity contribution in [1.29, 1.82) is 0 Å².